The third-order valence-corrected chi connectivity index (χ3v) is 4.28. The molecule has 1 amide bonds. The maximum absolute atomic E-state index is 12.2. The first-order chi connectivity index (χ1) is 9.65. The molecule has 1 saturated carbocycles. The number of carboxylic acid groups (broad SMARTS) is 1. The van der Waals surface area contributed by atoms with Gasteiger partial charge in [0.05, 0.1) is 5.92 Å². The van der Waals surface area contributed by atoms with Crippen molar-refractivity contribution >= 4 is 11.9 Å². The molecule has 0 spiro atoms. The molecule has 2 aliphatic carbocycles. The van der Waals surface area contributed by atoms with Gasteiger partial charge in [-0.05, 0) is 38.5 Å². The smallest absolute Gasteiger partial charge is 0.306 e. The minimum atomic E-state index is -0.777. The Morgan fingerprint density at radius 1 is 1.25 bits per heavy atom. The number of carbonyl (C=O) groups is 2. The summed E-state index contributed by atoms with van der Waals surface area (Å²) in [6.45, 7) is 0. The number of nitrogens with one attached hydrogen (secondary N) is 1. The Labute approximate surface area is 116 Å². The first-order valence-corrected chi connectivity index (χ1v) is 7.16. The minimum Gasteiger partial charge on any atom is -0.481 e. The molecule has 2 aliphatic rings. The van der Waals surface area contributed by atoms with E-state index in [2.05, 4.69) is 10.5 Å². The van der Waals surface area contributed by atoms with Crippen molar-refractivity contribution in [3.63, 3.8) is 0 Å². The third-order valence-electron chi connectivity index (χ3n) is 4.28. The normalized spacial score (nSPS) is 25.2. The topological polar surface area (TPSA) is 92.4 Å². The summed E-state index contributed by atoms with van der Waals surface area (Å²) >= 11 is 0. The van der Waals surface area contributed by atoms with Crippen LogP contribution in [-0.4, -0.2) is 28.2 Å². The molecule has 1 heterocycles. The molecule has 0 radical (unpaired) electrons. The number of carbonyl (C=O) groups excluding carboxylic acids is 1. The molecule has 1 aromatic heterocycles. The Kier molecular flexibility index (Phi) is 3.46. The van der Waals surface area contributed by atoms with Gasteiger partial charge in [0.2, 0.25) is 0 Å². The fraction of sp³-hybridized carbons (Fsp3) is 0.643. The van der Waals surface area contributed by atoms with Gasteiger partial charge in [-0.2, -0.15) is 0 Å². The lowest BCUT2D eigenvalue weighted by Crippen LogP contribution is -2.34. The summed E-state index contributed by atoms with van der Waals surface area (Å²) in [7, 11) is 0. The summed E-state index contributed by atoms with van der Waals surface area (Å²) in [6, 6.07) is -0.0699. The van der Waals surface area contributed by atoms with E-state index in [0.29, 0.717) is 25.0 Å². The Hall–Kier alpha value is -1.85. The second-order valence-corrected chi connectivity index (χ2v) is 5.66. The predicted molar refractivity (Wildman–Crippen MR) is 69.4 cm³/mol. The third kappa shape index (κ3) is 2.42. The molecule has 2 atom stereocenters. The van der Waals surface area contributed by atoms with E-state index in [1.54, 1.807) is 0 Å². The molecule has 108 valence electrons. The van der Waals surface area contributed by atoms with Crippen molar-refractivity contribution in [2.45, 2.75) is 51.0 Å². The van der Waals surface area contributed by atoms with E-state index >= 15 is 0 Å². The maximum Gasteiger partial charge on any atom is 0.306 e. The zero-order valence-corrected chi connectivity index (χ0v) is 11.2. The van der Waals surface area contributed by atoms with Crippen LogP contribution >= 0.6 is 0 Å². The predicted octanol–water partition coefficient (Wildman–Crippen LogP) is 1.54. The molecule has 0 bridgehead atoms. The van der Waals surface area contributed by atoms with E-state index < -0.39 is 5.97 Å². The first kappa shape index (κ1) is 13.1. The molecular weight excluding hydrogens is 260 g/mol. The first-order valence-electron chi connectivity index (χ1n) is 7.16. The largest absolute Gasteiger partial charge is 0.481 e. The molecule has 0 aromatic carbocycles. The highest BCUT2D eigenvalue weighted by molar-refractivity contribution is 5.94. The van der Waals surface area contributed by atoms with E-state index in [-0.39, 0.29) is 17.9 Å². The number of amides is 1. The molecule has 0 aliphatic heterocycles. The van der Waals surface area contributed by atoms with Crippen molar-refractivity contribution in [2.24, 2.45) is 5.92 Å². The summed E-state index contributed by atoms with van der Waals surface area (Å²) < 4.78 is 5.23. The van der Waals surface area contributed by atoms with Gasteiger partial charge < -0.3 is 14.9 Å². The molecule has 0 unspecified atom stereocenters. The van der Waals surface area contributed by atoms with Crippen molar-refractivity contribution in [1.29, 1.82) is 0 Å². The van der Waals surface area contributed by atoms with Crippen molar-refractivity contribution in [2.75, 3.05) is 0 Å². The number of carboxylic acids is 1. The maximum atomic E-state index is 12.2. The Balaban J connectivity index is 1.65. The molecule has 1 aromatic rings. The summed E-state index contributed by atoms with van der Waals surface area (Å²) in [5, 5.41) is 15.7. The molecule has 3 rings (SSSR count). The van der Waals surface area contributed by atoms with Crippen molar-refractivity contribution in [3.8, 4) is 0 Å². The van der Waals surface area contributed by atoms with Crippen molar-refractivity contribution in [1.82, 2.24) is 10.5 Å². The minimum absolute atomic E-state index is 0.0699. The number of aryl methyl sites for hydroxylation is 1. The fourth-order valence-electron chi connectivity index (χ4n) is 3.15. The summed E-state index contributed by atoms with van der Waals surface area (Å²) in [5.74, 6) is -0.517. The standard InChI is InChI=1S/C14H18N2O4/c17-13(15-9-6-5-8(7-9)14(18)19)12-10-3-1-2-4-11(10)20-16-12/h8-9H,1-7H2,(H,15,17)(H,18,19)/t8-,9+/m1/s1. The van der Waals surface area contributed by atoms with Gasteiger partial charge in [0.1, 0.15) is 5.76 Å². The van der Waals surface area contributed by atoms with Crippen LogP contribution in [0.4, 0.5) is 0 Å². The van der Waals surface area contributed by atoms with Gasteiger partial charge in [0, 0.05) is 18.0 Å². The van der Waals surface area contributed by atoms with Gasteiger partial charge in [-0.15, -0.1) is 0 Å². The summed E-state index contributed by atoms with van der Waals surface area (Å²) in [4.78, 5) is 23.1. The Morgan fingerprint density at radius 2 is 2.05 bits per heavy atom. The highest BCUT2D eigenvalue weighted by Crippen LogP contribution is 2.27. The van der Waals surface area contributed by atoms with E-state index in [1.807, 2.05) is 0 Å². The lowest BCUT2D eigenvalue weighted by Gasteiger charge is -2.13. The van der Waals surface area contributed by atoms with Crippen LogP contribution in [0.25, 0.3) is 0 Å². The highest BCUT2D eigenvalue weighted by Gasteiger charge is 2.32. The van der Waals surface area contributed by atoms with Crippen molar-refractivity contribution in [3.05, 3.63) is 17.0 Å². The number of aromatic nitrogens is 1. The van der Waals surface area contributed by atoms with Gasteiger partial charge in [-0.25, -0.2) is 0 Å². The van der Waals surface area contributed by atoms with Crippen LogP contribution in [0.2, 0.25) is 0 Å². The average Bonchev–Trinajstić information content (AvgIpc) is 3.04. The van der Waals surface area contributed by atoms with Crippen LogP contribution in [0.15, 0.2) is 4.52 Å². The molecule has 20 heavy (non-hydrogen) atoms. The van der Waals surface area contributed by atoms with E-state index in [0.717, 1.165) is 37.0 Å². The number of hydrogen-bond donors (Lipinski definition) is 2. The van der Waals surface area contributed by atoms with E-state index in [1.165, 1.54) is 0 Å². The fourth-order valence-corrected chi connectivity index (χ4v) is 3.15. The van der Waals surface area contributed by atoms with Gasteiger partial charge in [0.25, 0.3) is 5.91 Å². The summed E-state index contributed by atoms with van der Waals surface area (Å²) in [5.41, 5.74) is 1.32. The van der Waals surface area contributed by atoms with Gasteiger partial charge >= 0.3 is 5.97 Å². The van der Waals surface area contributed by atoms with Gasteiger partial charge in [-0.1, -0.05) is 5.16 Å². The van der Waals surface area contributed by atoms with Gasteiger partial charge in [-0.3, -0.25) is 9.59 Å². The molecule has 0 saturated heterocycles. The lowest BCUT2D eigenvalue weighted by atomic mass is 9.96. The Morgan fingerprint density at radius 3 is 2.80 bits per heavy atom. The van der Waals surface area contributed by atoms with Gasteiger partial charge in [0.15, 0.2) is 5.69 Å². The van der Waals surface area contributed by atoms with Crippen LogP contribution in [0.3, 0.4) is 0 Å². The molecule has 6 heteroatoms. The lowest BCUT2D eigenvalue weighted by molar-refractivity contribution is -0.141. The van der Waals surface area contributed by atoms with E-state index in [9.17, 15) is 9.59 Å². The van der Waals surface area contributed by atoms with Crippen LogP contribution in [-0.2, 0) is 17.6 Å². The van der Waals surface area contributed by atoms with Crippen molar-refractivity contribution < 1.29 is 19.2 Å². The average molecular weight is 278 g/mol. The van der Waals surface area contributed by atoms with Crippen LogP contribution in [0, 0.1) is 5.92 Å². The van der Waals surface area contributed by atoms with Crippen LogP contribution in [0.5, 0.6) is 0 Å². The summed E-state index contributed by atoms with van der Waals surface area (Å²) in [6.07, 6.45) is 5.65. The molecular formula is C14H18N2O4. The number of aliphatic carboxylic acids is 1. The molecule has 2 N–H and O–H groups in total. The molecule has 6 nitrogen and oxygen atoms in total. The zero-order chi connectivity index (χ0) is 14.1. The molecule has 1 fully saturated rings. The van der Waals surface area contributed by atoms with E-state index in [4.69, 9.17) is 9.63 Å². The quantitative estimate of drug-likeness (QED) is 0.874. The number of fused-ring (bicyclic) bond motifs is 1. The monoisotopic (exact) mass is 278 g/mol. The second kappa shape index (κ2) is 5.26. The number of nitrogens with zero attached hydrogens (tertiary/aromatic N) is 1. The SMILES string of the molecule is O=C(N[C@H]1CC[C@@H](C(=O)O)C1)c1noc2c1CCCC2. The highest BCUT2D eigenvalue weighted by atomic mass is 16.5. The number of hydrogen-bond acceptors (Lipinski definition) is 4. The van der Waals surface area contributed by atoms with Crippen LogP contribution < -0.4 is 5.32 Å². The Bertz CT molecular complexity index is 537. The van der Waals surface area contributed by atoms with Crippen LogP contribution in [0.1, 0.15) is 53.9 Å². The number of rotatable bonds is 3. The zero-order valence-electron chi connectivity index (χ0n) is 11.2. The second-order valence-electron chi connectivity index (χ2n) is 5.66.